The van der Waals surface area contributed by atoms with Crippen molar-refractivity contribution in [3.8, 4) is 0 Å². The number of hydrogen-bond acceptors (Lipinski definition) is 5. The lowest BCUT2D eigenvalue weighted by Gasteiger charge is -2.08. The van der Waals surface area contributed by atoms with E-state index in [1.807, 2.05) is 32.0 Å². The lowest BCUT2D eigenvalue weighted by atomic mass is 10.1. The average molecular weight is 341 g/mol. The van der Waals surface area contributed by atoms with Crippen molar-refractivity contribution in [2.75, 3.05) is 10.6 Å². The number of thiophene rings is 1. The summed E-state index contributed by atoms with van der Waals surface area (Å²) in [4.78, 5) is 28.7. The number of nitrogens with zero attached hydrogens (tertiary/aromatic N) is 1. The topological polar surface area (TPSA) is 84.2 Å². The van der Waals surface area contributed by atoms with E-state index in [-0.39, 0.29) is 17.6 Å². The summed E-state index contributed by atoms with van der Waals surface area (Å²) in [6, 6.07) is 9.11. The molecule has 0 unspecified atom stereocenters. The first-order chi connectivity index (χ1) is 11.5. The summed E-state index contributed by atoms with van der Waals surface area (Å²) >= 11 is 1.31. The third-order valence-electron chi connectivity index (χ3n) is 3.56. The van der Waals surface area contributed by atoms with Crippen LogP contribution < -0.4 is 10.6 Å². The Morgan fingerprint density at radius 2 is 1.92 bits per heavy atom. The first-order valence-corrected chi connectivity index (χ1v) is 8.10. The summed E-state index contributed by atoms with van der Waals surface area (Å²) in [6.45, 7) is 3.90. The average Bonchev–Trinajstić information content (AvgIpc) is 3.23. The molecule has 2 aromatic heterocycles. The van der Waals surface area contributed by atoms with Gasteiger partial charge in [0.05, 0.1) is 4.88 Å². The predicted molar refractivity (Wildman–Crippen MR) is 92.6 cm³/mol. The number of carbonyl (C=O) groups is 2. The maximum Gasteiger partial charge on any atom is 0.302 e. The molecule has 2 N–H and O–H groups in total. The monoisotopic (exact) mass is 341 g/mol. The Labute approximate surface area is 142 Å². The van der Waals surface area contributed by atoms with Gasteiger partial charge in [-0.3, -0.25) is 14.9 Å². The molecule has 3 aromatic rings. The minimum Gasteiger partial charge on any atom is -0.431 e. The summed E-state index contributed by atoms with van der Waals surface area (Å²) in [6.07, 6.45) is 1.21. The van der Waals surface area contributed by atoms with E-state index in [1.54, 1.807) is 17.5 Å². The molecule has 122 valence electrons. The van der Waals surface area contributed by atoms with Crippen LogP contribution in [0.15, 0.2) is 46.4 Å². The van der Waals surface area contributed by atoms with Crippen LogP contribution in [0.4, 0.5) is 11.7 Å². The van der Waals surface area contributed by atoms with Gasteiger partial charge in [0.15, 0.2) is 5.69 Å². The standard InChI is InChI=1S/C17H15N3O3S/c1-10-5-3-6-12(11(10)2)18-15(21)13-9-23-17(19-13)20-16(22)14-7-4-8-24-14/h3-9H,1-2H3,(H,18,21)(H,19,20,22). The number of nitrogens with one attached hydrogen (secondary N) is 2. The molecule has 0 saturated heterocycles. The molecule has 0 atom stereocenters. The van der Waals surface area contributed by atoms with Crippen LogP contribution in [0.3, 0.4) is 0 Å². The predicted octanol–water partition coefficient (Wildman–Crippen LogP) is 3.86. The lowest BCUT2D eigenvalue weighted by molar-refractivity contribution is 0.101. The van der Waals surface area contributed by atoms with E-state index in [0.717, 1.165) is 11.1 Å². The van der Waals surface area contributed by atoms with Gasteiger partial charge in [0.25, 0.3) is 11.8 Å². The van der Waals surface area contributed by atoms with Crippen molar-refractivity contribution in [3.05, 3.63) is 63.7 Å². The van der Waals surface area contributed by atoms with Gasteiger partial charge >= 0.3 is 6.01 Å². The molecule has 2 amide bonds. The Morgan fingerprint density at radius 1 is 1.08 bits per heavy atom. The van der Waals surface area contributed by atoms with Crippen molar-refractivity contribution < 1.29 is 14.0 Å². The van der Waals surface area contributed by atoms with E-state index < -0.39 is 5.91 Å². The summed E-state index contributed by atoms with van der Waals surface area (Å²) in [5, 5.41) is 7.11. The van der Waals surface area contributed by atoms with Crippen molar-refractivity contribution in [2.45, 2.75) is 13.8 Å². The molecule has 6 nitrogen and oxygen atoms in total. The number of amides is 2. The smallest absolute Gasteiger partial charge is 0.302 e. The van der Waals surface area contributed by atoms with Crippen molar-refractivity contribution in [3.63, 3.8) is 0 Å². The van der Waals surface area contributed by atoms with Gasteiger partial charge in [-0.05, 0) is 42.5 Å². The summed E-state index contributed by atoms with van der Waals surface area (Å²) in [7, 11) is 0. The van der Waals surface area contributed by atoms with Crippen LogP contribution in [-0.2, 0) is 0 Å². The molecule has 2 heterocycles. The van der Waals surface area contributed by atoms with E-state index >= 15 is 0 Å². The molecule has 0 aliphatic carbocycles. The largest absolute Gasteiger partial charge is 0.431 e. The van der Waals surface area contributed by atoms with Crippen LogP contribution in [0.5, 0.6) is 0 Å². The molecule has 24 heavy (non-hydrogen) atoms. The first-order valence-electron chi connectivity index (χ1n) is 7.22. The van der Waals surface area contributed by atoms with Crippen LogP contribution in [0.2, 0.25) is 0 Å². The number of aromatic nitrogens is 1. The van der Waals surface area contributed by atoms with E-state index in [0.29, 0.717) is 10.6 Å². The Hall–Kier alpha value is -2.93. The highest BCUT2D eigenvalue weighted by Gasteiger charge is 2.16. The molecular formula is C17H15N3O3S. The van der Waals surface area contributed by atoms with Gasteiger partial charge in [-0.15, -0.1) is 11.3 Å². The van der Waals surface area contributed by atoms with E-state index in [2.05, 4.69) is 15.6 Å². The molecule has 0 saturated carbocycles. The maximum atomic E-state index is 12.3. The third kappa shape index (κ3) is 3.36. The summed E-state index contributed by atoms with van der Waals surface area (Å²) in [5.74, 6) is -0.725. The van der Waals surface area contributed by atoms with Crippen LogP contribution in [0, 0.1) is 13.8 Å². The maximum absolute atomic E-state index is 12.3. The second-order valence-electron chi connectivity index (χ2n) is 5.17. The number of rotatable bonds is 4. The van der Waals surface area contributed by atoms with Crippen LogP contribution in [0.25, 0.3) is 0 Å². The normalized spacial score (nSPS) is 10.4. The van der Waals surface area contributed by atoms with Crippen LogP contribution >= 0.6 is 11.3 Å². The quantitative estimate of drug-likeness (QED) is 0.755. The number of benzene rings is 1. The van der Waals surface area contributed by atoms with Crippen molar-refractivity contribution >= 4 is 34.9 Å². The SMILES string of the molecule is Cc1cccc(NC(=O)c2coc(NC(=O)c3cccs3)n2)c1C. The van der Waals surface area contributed by atoms with Gasteiger partial charge in [-0.2, -0.15) is 4.98 Å². The van der Waals surface area contributed by atoms with Gasteiger partial charge in [0.1, 0.15) is 6.26 Å². The molecule has 0 bridgehead atoms. The lowest BCUT2D eigenvalue weighted by Crippen LogP contribution is -2.14. The molecule has 0 fully saturated rings. The zero-order chi connectivity index (χ0) is 17.1. The second-order valence-corrected chi connectivity index (χ2v) is 6.12. The molecule has 3 rings (SSSR count). The fourth-order valence-electron chi connectivity index (χ4n) is 2.07. The highest BCUT2D eigenvalue weighted by Crippen LogP contribution is 2.19. The molecule has 7 heteroatoms. The zero-order valence-electron chi connectivity index (χ0n) is 13.1. The van der Waals surface area contributed by atoms with Gasteiger partial charge in [0.2, 0.25) is 0 Å². The van der Waals surface area contributed by atoms with E-state index in [1.165, 1.54) is 17.6 Å². The molecule has 0 radical (unpaired) electrons. The Morgan fingerprint density at radius 3 is 2.67 bits per heavy atom. The Kier molecular flexibility index (Phi) is 4.43. The number of carbonyl (C=O) groups excluding carboxylic acids is 2. The highest BCUT2D eigenvalue weighted by atomic mass is 32.1. The number of hydrogen-bond donors (Lipinski definition) is 2. The highest BCUT2D eigenvalue weighted by molar-refractivity contribution is 7.12. The number of anilines is 2. The fraction of sp³-hybridized carbons (Fsp3) is 0.118. The first kappa shape index (κ1) is 15.9. The molecule has 0 aliphatic heterocycles. The van der Waals surface area contributed by atoms with E-state index in [4.69, 9.17) is 4.42 Å². The molecule has 1 aromatic carbocycles. The molecular weight excluding hydrogens is 326 g/mol. The molecule has 0 aliphatic rings. The molecule has 0 spiro atoms. The zero-order valence-corrected chi connectivity index (χ0v) is 13.9. The second kappa shape index (κ2) is 6.67. The van der Waals surface area contributed by atoms with Crippen LogP contribution in [-0.4, -0.2) is 16.8 Å². The van der Waals surface area contributed by atoms with Crippen LogP contribution in [0.1, 0.15) is 31.3 Å². The van der Waals surface area contributed by atoms with Gasteiger partial charge in [-0.25, -0.2) is 0 Å². The van der Waals surface area contributed by atoms with Gasteiger partial charge in [-0.1, -0.05) is 18.2 Å². The fourth-order valence-corrected chi connectivity index (χ4v) is 2.69. The van der Waals surface area contributed by atoms with Gasteiger partial charge in [0, 0.05) is 5.69 Å². The minimum atomic E-state index is -0.399. The third-order valence-corrected chi connectivity index (χ3v) is 4.42. The van der Waals surface area contributed by atoms with Crippen molar-refractivity contribution in [1.82, 2.24) is 4.98 Å². The number of oxazole rings is 1. The Bertz CT molecular complexity index is 884. The van der Waals surface area contributed by atoms with Crippen molar-refractivity contribution in [1.29, 1.82) is 0 Å². The summed E-state index contributed by atoms with van der Waals surface area (Å²) in [5.41, 5.74) is 2.88. The minimum absolute atomic E-state index is 0.0143. The van der Waals surface area contributed by atoms with Crippen molar-refractivity contribution in [2.24, 2.45) is 0 Å². The van der Waals surface area contributed by atoms with E-state index in [9.17, 15) is 9.59 Å². The van der Waals surface area contributed by atoms with Gasteiger partial charge < -0.3 is 9.73 Å². The summed E-state index contributed by atoms with van der Waals surface area (Å²) < 4.78 is 5.15. The Balaban J connectivity index is 1.70. The number of aryl methyl sites for hydroxylation is 1.